The molecule has 0 aliphatic rings. The van der Waals surface area contributed by atoms with E-state index in [0.29, 0.717) is 0 Å². The first-order valence-corrected chi connectivity index (χ1v) is 16.5. The number of anilines is 2. The number of hydrogen-bond donors (Lipinski definition) is 0. The number of aryl methyl sites for hydroxylation is 1. The summed E-state index contributed by atoms with van der Waals surface area (Å²) in [5.74, 6) is 0. The van der Waals surface area contributed by atoms with Gasteiger partial charge in [0.15, 0.2) is 0 Å². The summed E-state index contributed by atoms with van der Waals surface area (Å²) in [7, 11) is 0. The quantitative estimate of drug-likeness (QED) is 0.162. The molecule has 1 heteroatoms. The monoisotopic (exact) mass is 613 g/mol. The first-order valence-electron chi connectivity index (χ1n) is 16.5. The molecule has 0 saturated heterocycles. The SMILES string of the molecule is C=C(c1ccccc1)N(c1ccc(-c2c3ccccc3c(-c3ccccc3)c3ccc(-c4ccccc4)cc23)cc1)c1ccccc1C. The summed E-state index contributed by atoms with van der Waals surface area (Å²) in [6.07, 6.45) is 0. The van der Waals surface area contributed by atoms with Crippen LogP contribution in [-0.4, -0.2) is 0 Å². The molecule has 0 aliphatic carbocycles. The second-order valence-electron chi connectivity index (χ2n) is 12.3. The predicted octanol–water partition coefficient (Wildman–Crippen LogP) is 13.1. The van der Waals surface area contributed by atoms with Crippen LogP contribution in [0.2, 0.25) is 0 Å². The minimum atomic E-state index is 0.938. The zero-order chi connectivity index (χ0) is 32.5. The average molecular weight is 614 g/mol. The molecular weight excluding hydrogens is 579 g/mol. The van der Waals surface area contributed by atoms with Crippen LogP contribution in [0.3, 0.4) is 0 Å². The van der Waals surface area contributed by atoms with Crippen molar-refractivity contribution in [3.8, 4) is 33.4 Å². The van der Waals surface area contributed by atoms with Gasteiger partial charge in [0.25, 0.3) is 0 Å². The Bertz CT molecular complexity index is 2390. The molecule has 0 spiro atoms. The number of nitrogens with zero attached hydrogens (tertiary/aromatic N) is 1. The molecule has 1 nitrogen and oxygen atoms in total. The molecule has 48 heavy (non-hydrogen) atoms. The third kappa shape index (κ3) is 5.26. The largest absolute Gasteiger partial charge is 0.310 e. The van der Waals surface area contributed by atoms with Gasteiger partial charge in [-0.15, -0.1) is 0 Å². The van der Waals surface area contributed by atoms with Crippen LogP contribution in [-0.2, 0) is 0 Å². The Kier molecular flexibility index (Phi) is 7.64. The Balaban J connectivity index is 1.36. The molecule has 0 aliphatic heterocycles. The van der Waals surface area contributed by atoms with Crippen LogP contribution >= 0.6 is 0 Å². The van der Waals surface area contributed by atoms with Crippen LogP contribution in [0, 0.1) is 6.92 Å². The van der Waals surface area contributed by atoms with Crippen LogP contribution in [0.5, 0.6) is 0 Å². The lowest BCUT2D eigenvalue weighted by molar-refractivity contribution is 1.26. The van der Waals surface area contributed by atoms with Crippen LogP contribution in [0.4, 0.5) is 11.4 Å². The van der Waals surface area contributed by atoms with Crippen molar-refractivity contribution in [3.63, 3.8) is 0 Å². The van der Waals surface area contributed by atoms with Crippen molar-refractivity contribution in [2.75, 3.05) is 4.90 Å². The molecule has 8 rings (SSSR count). The number of benzene rings is 8. The number of rotatable bonds is 7. The van der Waals surface area contributed by atoms with E-state index in [1.54, 1.807) is 0 Å². The van der Waals surface area contributed by atoms with Crippen molar-refractivity contribution in [2.45, 2.75) is 6.92 Å². The number of para-hydroxylation sites is 1. The van der Waals surface area contributed by atoms with Gasteiger partial charge in [-0.05, 0) is 97.2 Å². The number of hydrogen-bond acceptors (Lipinski definition) is 1. The highest BCUT2D eigenvalue weighted by molar-refractivity contribution is 6.22. The molecular formula is C47H35N. The summed E-state index contributed by atoms with van der Waals surface area (Å²) in [6.45, 7) is 6.74. The van der Waals surface area contributed by atoms with E-state index in [1.165, 1.54) is 60.5 Å². The van der Waals surface area contributed by atoms with E-state index < -0.39 is 0 Å². The van der Waals surface area contributed by atoms with Gasteiger partial charge in [-0.2, -0.15) is 0 Å². The molecule has 8 aromatic rings. The first kappa shape index (κ1) is 29.2. The molecule has 0 fully saturated rings. The standard InChI is InChI=1S/C47H35N/c1-33-16-12-15-25-45(33)48(34(2)35-17-6-3-7-18-35)40-29-26-38(27-30-40)47-42-24-14-13-23-41(42)46(37-21-10-5-11-22-37)43-31-28-39(32-44(43)47)36-19-8-4-9-20-36/h3-32H,2H2,1H3. The summed E-state index contributed by atoms with van der Waals surface area (Å²) in [5.41, 5.74) is 12.8. The molecule has 0 amide bonds. The lowest BCUT2D eigenvalue weighted by atomic mass is 9.85. The van der Waals surface area contributed by atoms with Gasteiger partial charge < -0.3 is 4.90 Å². The van der Waals surface area contributed by atoms with Crippen molar-refractivity contribution in [1.82, 2.24) is 0 Å². The van der Waals surface area contributed by atoms with Crippen molar-refractivity contribution >= 4 is 38.6 Å². The molecule has 0 saturated carbocycles. The van der Waals surface area contributed by atoms with E-state index in [2.05, 4.69) is 194 Å². The molecule has 0 unspecified atom stereocenters. The third-order valence-electron chi connectivity index (χ3n) is 9.34. The topological polar surface area (TPSA) is 3.24 Å². The molecule has 8 aromatic carbocycles. The van der Waals surface area contributed by atoms with Crippen molar-refractivity contribution in [1.29, 1.82) is 0 Å². The van der Waals surface area contributed by atoms with Gasteiger partial charge in [-0.1, -0.05) is 164 Å². The zero-order valence-corrected chi connectivity index (χ0v) is 27.0. The smallest absolute Gasteiger partial charge is 0.0490 e. The maximum Gasteiger partial charge on any atom is 0.0490 e. The molecule has 0 heterocycles. The van der Waals surface area contributed by atoms with Gasteiger partial charge in [0.1, 0.15) is 0 Å². The maximum atomic E-state index is 4.58. The van der Waals surface area contributed by atoms with E-state index in [9.17, 15) is 0 Å². The molecule has 0 radical (unpaired) electrons. The van der Waals surface area contributed by atoms with E-state index in [0.717, 1.165) is 22.6 Å². The summed E-state index contributed by atoms with van der Waals surface area (Å²) in [6, 6.07) is 65.2. The van der Waals surface area contributed by atoms with Crippen LogP contribution in [0.25, 0.3) is 60.6 Å². The molecule has 0 atom stereocenters. The Hall–Kier alpha value is -6.18. The van der Waals surface area contributed by atoms with E-state index in [-0.39, 0.29) is 0 Å². The van der Waals surface area contributed by atoms with Gasteiger partial charge in [-0.25, -0.2) is 0 Å². The highest BCUT2D eigenvalue weighted by atomic mass is 15.1. The highest BCUT2D eigenvalue weighted by Crippen LogP contribution is 2.45. The van der Waals surface area contributed by atoms with Crippen molar-refractivity contribution in [2.24, 2.45) is 0 Å². The Morgan fingerprint density at radius 1 is 0.417 bits per heavy atom. The summed E-state index contributed by atoms with van der Waals surface area (Å²) in [4.78, 5) is 2.27. The van der Waals surface area contributed by atoms with E-state index in [1.807, 2.05) is 6.07 Å². The van der Waals surface area contributed by atoms with Gasteiger partial charge in [-0.3, -0.25) is 0 Å². The van der Waals surface area contributed by atoms with Crippen LogP contribution in [0.1, 0.15) is 11.1 Å². The second kappa shape index (κ2) is 12.5. The average Bonchev–Trinajstić information content (AvgIpc) is 3.16. The van der Waals surface area contributed by atoms with Gasteiger partial charge in [0, 0.05) is 17.1 Å². The normalized spacial score (nSPS) is 11.1. The minimum absolute atomic E-state index is 0.938. The van der Waals surface area contributed by atoms with E-state index >= 15 is 0 Å². The number of fused-ring (bicyclic) bond motifs is 2. The lowest BCUT2D eigenvalue weighted by Gasteiger charge is -2.29. The second-order valence-corrected chi connectivity index (χ2v) is 12.3. The Morgan fingerprint density at radius 3 is 1.54 bits per heavy atom. The van der Waals surface area contributed by atoms with Crippen molar-refractivity contribution < 1.29 is 0 Å². The van der Waals surface area contributed by atoms with Crippen LogP contribution < -0.4 is 4.90 Å². The minimum Gasteiger partial charge on any atom is -0.310 e. The third-order valence-corrected chi connectivity index (χ3v) is 9.34. The zero-order valence-electron chi connectivity index (χ0n) is 27.0. The van der Waals surface area contributed by atoms with Crippen LogP contribution in [0.15, 0.2) is 189 Å². The van der Waals surface area contributed by atoms with E-state index in [4.69, 9.17) is 0 Å². The molecule has 0 aromatic heterocycles. The van der Waals surface area contributed by atoms with Gasteiger partial charge in [0.2, 0.25) is 0 Å². The Morgan fingerprint density at radius 2 is 0.896 bits per heavy atom. The fourth-order valence-corrected chi connectivity index (χ4v) is 7.01. The predicted molar refractivity (Wildman–Crippen MR) is 207 cm³/mol. The summed E-state index contributed by atoms with van der Waals surface area (Å²) >= 11 is 0. The fraction of sp³-hybridized carbons (Fsp3) is 0.0213. The first-order chi connectivity index (χ1) is 23.7. The van der Waals surface area contributed by atoms with Crippen molar-refractivity contribution in [3.05, 3.63) is 200 Å². The molecule has 228 valence electrons. The summed E-state index contributed by atoms with van der Waals surface area (Å²) in [5, 5.41) is 4.98. The highest BCUT2D eigenvalue weighted by Gasteiger charge is 2.20. The molecule has 0 bridgehead atoms. The lowest BCUT2D eigenvalue weighted by Crippen LogP contribution is -2.15. The van der Waals surface area contributed by atoms with Gasteiger partial charge >= 0.3 is 0 Å². The Labute approximate surface area is 282 Å². The van der Waals surface area contributed by atoms with Gasteiger partial charge in [0.05, 0.1) is 0 Å². The fourth-order valence-electron chi connectivity index (χ4n) is 7.01. The summed E-state index contributed by atoms with van der Waals surface area (Å²) < 4.78 is 0. The molecule has 0 N–H and O–H groups in total. The maximum absolute atomic E-state index is 4.58.